The summed E-state index contributed by atoms with van der Waals surface area (Å²) in [5, 5.41) is 0. The Labute approximate surface area is 86.2 Å². The molecule has 1 amide bonds. The standard InChI is InChI=1S/C11H20N2O/c1-11(2,3)7-8-6-9(13(4)5)12-10(8)14/h8H,6-7H2,1-5H3. The highest BCUT2D eigenvalue weighted by molar-refractivity contribution is 6.02. The van der Waals surface area contributed by atoms with Gasteiger partial charge in [0.2, 0.25) is 0 Å². The van der Waals surface area contributed by atoms with E-state index in [1.54, 1.807) is 0 Å². The van der Waals surface area contributed by atoms with Gasteiger partial charge in [0.05, 0.1) is 0 Å². The number of aliphatic imine (C=N–C) groups is 1. The summed E-state index contributed by atoms with van der Waals surface area (Å²) in [6.07, 6.45) is 1.73. The van der Waals surface area contributed by atoms with Crippen LogP contribution in [-0.2, 0) is 4.79 Å². The van der Waals surface area contributed by atoms with Crippen molar-refractivity contribution in [3.63, 3.8) is 0 Å². The van der Waals surface area contributed by atoms with E-state index in [0.717, 1.165) is 18.7 Å². The molecule has 0 aromatic carbocycles. The first-order chi connectivity index (χ1) is 6.29. The molecule has 3 heteroatoms. The van der Waals surface area contributed by atoms with Gasteiger partial charge >= 0.3 is 0 Å². The van der Waals surface area contributed by atoms with Crippen LogP contribution < -0.4 is 0 Å². The van der Waals surface area contributed by atoms with Crippen LogP contribution in [0.2, 0.25) is 0 Å². The Kier molecular flexibility index (Phi) is 2.98. The predicted octanol–water partition coefficient (Wildman–Crippen LogP) is 1.93. The minimum atomic E-state index is 0.0589. The summed E-state index contributed by atoms with van der Waals surface area (Å²) in [5.41, 5.74) is 0.206. The highest BCUT2D eigenvalue weighted by Gasteiger charge is 2.31. The number of rotatable bonds is 1. The summed E-state index contributed by atoms with van der Waals surface area (Å²) in [6, 6.07) is 0. The third-order valence-electron chi connectivity index (χ3n) is 2.39. The maximum absolute atomic E-state index is 11.6. The van der Waals surface area contributed by atoms with E-state index in [1.165, 1.54) is 0 Å². The van der Waals surface area contributed by atoms with Gasteiger partial charge in [-0.1, -0.05) is 20.8 Å². The fourth-order valence-corrected chi connectivity index (χ4v) is 1.75. The number of hydrogen-bond donors (Lipinski definition) is 0. The second-order valence-corrected chi connectivity index (χ2v) is 5.43. The molecule has 1 unspecified atom stereocenters. The van der Waals surface area contributed by atoms with Gasteiger partial charge in [-0.3, -0.25) is 4.79 Å². The number of nitrogens with zero attached hydrogens (tertiary/aromatic N) is 2. The molecule has 0 saturated carbocycles. The Morgan fingerprint density at radius 1 is 1.43 bits per heavy atom. The third kappa shape index (κ3) is 2.82. The van der Waals surface area contributed by atoms with E-state index < -0.39 is 0 Å². The molecule has 1 heterocycles. The second kappa shape index (κ2) is 3.71. The van der Waals surface area contributed by atoms with E-state index in [1.807, 2.05) is 19.0 Å². The molecule has 1 aliphatic heterocycles. The van der Waals surface area contributed by atoms with Gasteiger partial charge in [-0.25, -0.2) is 4.99 Å². The van der Waals surface area contributed by atoms with E-state index in [9.17, 15) is 4.79 Å². The van der Waals surface area contributed by atoms with E-state index in [2.05, 4.69) is 25.8 Å². The smallest absolute Gasteiger partial charge is 0.250 e. The molecule has 0 aromatic heterocycles. The normalized spacial score (nSPS) is 22.5. The van der Waals surface area contributed by atoms with Gasteiger partial charge in [0.25, 0.3) is 5.91 Å². The van der Waals surface area contributed by atoms with Crippen LogP contribution in [0, 0.1) is 11.3 Å². The summed E-state index contributed by atoms with van der Waals surface area (Å²) in [6.45, 7) is 6.48. The number of carbonyl (C=O) groups excluding carboxylic acids is 1. The monoisotopic (exact) mass is 196 g/mol. The highest BCUT2D eigenvalue weighted by atomic mass is 16.1. The van der Waals surface area contributed by atoms with Crippen molar-refractivity contribution in [2.24, 2.45) is 16.3 Å². The molecule has 80 valence electrons. The Bertz CT molecular complexity index is 261. The zero-order chi connectivity index (χ0) is 10.9. The molecule has 14 heavy (non-hydrogen) atoms. The molecular formula is C11H20N2O. The van der Waals surface area contributed by atoms with Crippen molar-refractivity contribution < 1.29 is 4.79 Å². The first kappa shape index (κ1) is 11.2. The Morgan fingerprint density at radius 3 is 2.36 bits per heavy atom. The third-order valence-corrected chi connectivity index (χ3v) is 2.39. The molecule has 0 aromatic rings. The molecule has 0 radical (unpaired) electrons. The van der Waals surface area contributed by atoms with Crippen LogP contribution in [0.5, 0.6) is 0 Å². The van der Waals surface area contributed by atoms with Crippen molar-refractivity contribution in [2.75, 3.05) is 14.1 Å². The summed E-state index contributed by atoms with van der Waals surface area (Å²) in [7, 11) is 3.87. The minimum Gasteiger partial charge on any atom is -0.366 e. The van der Waals surface area contributed by atoms with Crippen molar-refractivity contribution in [1.29, 1.82) is 0 Å². The van der Waals surface area contributed by atoms with Crippen LogP contribution in [0.1, 0.15) is 33.6 Å². The molecule has 0 spiro atoms. The molecule has 0 N–H and O–H groups in total. The highest BCUT2D eigenvalue weighted by Crippen LogP contribution is 2.30. The lowest BCUT2D eigenvalue weighted by Crippen LogP contribution is -2.22. The number of hydrogen-bond acceptors (Lipinski definition) is 2. The molecule has 3 nitrogen and oxygen atoms in total. The van der Waals surface area contributed by atoms with Crippen molar-refractivity contribution in [1.82, 2.24) is 4.90 Å². The number of amidine groups is 1. The van der Waals surface area contributed by atoms with Gasteiger partial charge in [0.15, 0.2) is 0 Å². The topological polar surface area (TPSA) is 32.7 Å². The Hall–Kier alpha value is -0.860. The van der Waals surface area contributed by atoms with Gasteiger partial charge in [-0.2, -0.15) is 0 Å². The van der Waals surface area contributed by atoms with E-state index in [4.69, 9.17) is 0 Å². The lowest BCUT2D eigenvalue weighted by Gasteiger charge is -2.21. The van der Waals surface area contributed by atoms with Crippen molar-refractivity contribution in [3.05, 3.63) is 0 Å². The first-order valence-electron chi connectivity index (χ1n) is 5.08. The van der Waals surface area contributed by atoms with E-state index in [0.29, 0.717) is 0 Å². The molecule has 0 bridgehead atoms. The first-order valence-corrected chi connectivity index (χ1v) is 5.08. The lowest BCUT2D eigenvalue weighted by molar-refractivity contribution is -0.121. The average molecular weight is 196 g/mol. The van der Waals surface area contributed by atoms with Crippen LogP contribution in [0.25, 0.3) is 0 Å². The summed E-state index contributed by atoms with van der Waals surface area (Å²) >= 11 is 0. The van der Waals surface area contributed by atoms with Crippen LogP contribution in [0.15, 0.2) is 4.99 Å². The molecule has 0 fully saturated rings. The van der Waals surface area contributed by atoms with Crippen LogP contribution in [0.3, 0.4) is 0 Å². The lowest BCUT2D eigenvalue weighted by atomic mass is 9.83. The molecule has 0 aliphatic carbocycles. The predicted molar refractivity (Wildman–Crippen MR) is 58.3 cm³/mol. The quantitative estimate of drug-likeness (QED) is 0.642. The van der Waals surface area contributed by atoms with Gasteiger partial charge < -0.3 is 4.90 Å². The Morgan fingerprint density at radius 2 is 2.00 bits per heavy atom. The number of amides is 1. The van der Waals surface area contributed by atoms with Gasteiger partial charge in [-0.15, -0.1) is 0 Å². The maximum Gasteiger partial charge on any atom is 0.250 e. The molecular weight excluding hydrogens is 176 g/mol. The fourth-order valence-electron chi connectivity index (χ4n) is 1.75. The zero-order valence-electron chi connectivity index (χ0n) is 9.79. The Balaban J connectivity index is 2.60. The average Bonchev–Trinajstić information content (AvgIpc) is 2.29. The van der Waals surface area contributed by atoms with Crippen LogP contribution in [-0.4, -0.2) is 30.7 Å². The van der Waals surface area contributed by atoms with Crippen molar-refractivity contribution >= 4 is 11.7 Å². The molecule has 0 saturated heterocycles. The fraction of sp³-hybridized carbons (Fsp3) is 0.818. The summed E-state index contributed by atoms with van der Waals surface area (Å²) < 4.78 is 0. The van der Waals surface area contributed by atoms with Crippen LogP contribution >= 0.6 is 0 Å². The summed E-state index contributed by atoms with van der Waals surface area (Å²) in [4.78, 5) is 17.5. The van der Waals surface area contributed by atoms with Gasteiger partial charge in [0.1, 0.15) is 5.84 Å². The summed E-state index contributed by atoms with van der Waals surface area (Å²) in [5.74, 6) is 1.08. The minimum absolute atomic E-state index is 0.0589. The van der Waals surface area contributed by atoms with Gasteiger partial charge in [-0.05, 0) is 11.8 Å². The van der Waals surface area contributed by atoms with Crippen molar-refractivity contribution in [3.8, 4) is 0 Å². The zero-order valence-corrected chi connectivity index (χ0v) is 9.79. The largest absolute Gasteiger partial charge is 0.366 e. The molecule has 1 rings (SSSR count). The number of carbonyl (C=O) groups is 1. The van der Waals surface area contributed by atoms with Crippen LogP contribution in [0.4, 0.5) is 0 Å². The van der Waals surface area contributed by atoms with Gasteiger partial charge in [0, 0.05) is 26.4 Å². The maximum atomic E-state index is 11.6. The van der Waals surface area contributed by atoms with E-state index in [-0.39, 0.29) is 17.2 Å². The SMILES string of the molecule is CN(C)C1=NC(=O)C(CC(C)(C)C)C1. The molecule has 1 aliphatic rings. The van der Waals surface area contributed by atoms with E-state index >= 15 is 0 Å². The molecule has 1 atom stereocenters. The van der Waals surface area contributed by atoms with Crippen molar-refractivity contribution in [2.45, 2.75) is 33.6 Å². The second-order valence-electron chi connectivity index (χ2n) is 5.43.